The molecule has 0 aliphatic rings. The van der Waals surface area contributed by atoms with Crippen molar-refractivity contribution in [1.29, 1.82) is 0 Å². The Morgan fingerprint density at radius 3 is 2.18 bits per heavy atom. The molecule has 0 unspecified atom stereocenters. The lowest BCUT2D eigenvalue weighted by molar-refractivity contribution is -0.274. The van der Waals surface area contributed by atoms with E-state index in [4.69, 9.17) is 5.11 Å². The Morgan fingerprint density at radius 1 is 1.18 bits per heavy atom. The van der Waals surface area contributed by atoms with Crippen molar-refractivity contribution < 1.29 is 32.6 Å². The first-order chi connectivity index (χ1) is 9.98. The SMILES string of the molecule is CC(C)(CCC(=O)O)NC(=O)c1ccc(OC(F)(F)F)cc1. The number of carboxylic acids is 1. The Bertz CT molecular complexity index is 538. The number of amides is 1. The summed E-state index contributed by atoms with van der Waals surface area (Å²) >= 11 is 0. The largest absolute Gasteiger partial charge is 0.573 e. The molecular weight excluding hydrogens is 303 g/mol. The van der Waals surface area contributed by atoms with Crippen LogP contribution in [0.5, 0.6) is 5.75 Å². The van der Waals surface area contributed by atoms with Crippen molar-refractivity contribution >= 4 is 11.9 Å². The summed E-state index contributed by atoms with van der Waals surface area (Å²) < 4.78 is 39.8. The van der Waals surface area contributed by atoms with E-state index in [1.807, 2.05) is 0 Å². The first kappa shape index (κ1) is 17.8. The number of carbonyl (C=O) groups excluding carboxylic acids is 1. The molecule has 0 aliphatic heterocycles. The van der Waals surface area contributed by atoms with Gasteiger partial charge in [0.05, 0.1) is 0 Å². The number of benzene rings is 1. The number of halogens is 3. The standard InChI is InChI=1S/C14H16F3NO4/c1-13(2,8-7-11(19)20)18-12(21)9-3-5-10(6-4-9)22-14(15,16)17/h3-6H,7-8H2,1-2H3,(H,18,21)(H,19,20). The third kappa shape index (κ3) is 6.47. The molecule has 122 valence electrons. The molecule has 0 atom stereocenters. The molecule has 1 aromatic rings. The normalized spacial score (nSPS) is 11.9. The minimum Gasteiger partial charge on any atom is -0.481 e. The minimum absolute atomic E-state index is 0.106. The van der Waals surface area contributed by atoms with Crippen LogP contribution in [0.1, 0.15) is 37.0 Å². The third-order valence-electron chi connectivity index (χ3n) is 2.77. The first-order valence-electron chi connectivity index (χ1n) is 6.39. The fourth-order valence-electron chi connectivity index (χ4n) is 1.67. The van der Waals surface area contributed by atoms with Gasteiger partial charge >= 0.3 is 12.3 Å². The zero-order valence-electron chi connectivity index (χ0n) is 12.0. The lowest BCUT2D eigenvalue weighted by Crippen LogP contribution is -2.43. The maximum absolute atomic E-state index is 12.0. The van der Waals surface area contributed by atoms with Crippen LogP contribution in [-0.4, -0.2) is 28.9 Å². The molecule has 1 amide bonds. The number of carboxylic acid groups (broad SMARTS) is 1. The van der Waals surface area contributed by atoms with Gasteiger partial charge in [-0.1, -0.05) is 0 Å². The average molecular weight is 319 g/mol. The molecule has 0 heterocycles. The Hall–Kier alpha value is -2.25. The summed E-state index contributed by atoms with van der Waals surface area (Å²) in [6.45, 7) is 3.32. The fourth-order valence-corrected chi connectivity index (χ4v) is 1.67. The van der Waals surface area contributed by atoms with Gasteiger partial charge in [0.15, 0.2) is 0 Å². The van der Waals surface area contributed by atoms with Crippen LogP contribution in [0.15, 0.2) is 24.3 Å². The molecule has 0 spiro atoms. The van der Waals surface area contributed by atoms with E-state index in [0.717, 1.165) is 12.1 Å². The predicted molar refractivity (Wildman–Crippen MR) is 71.5 cm³/mol. The first-order valence-corrected chi connectivity index (χ1v) is 6.39. The molecule has 0 saturated carbocycles. The van der Waals surface area contributed by atoms with E-state index in [1.165, 1.54) is 12.1 Å². The van der Waals surface area contributed by atoms with Gasteiger partial charge in [-0.2, -0.15) is 0 Å². The van der Waals surface area contributed by atoms with Crippen LogP contribution in [-0.2, 0) is 4.79 Å². The van der Waals surface area contributed by atoms with Gasteiger partial charge in [0.2, 0.25) is 0 Å². The van der Waals surface area contributed by atoms with Gasteiger partial charge in [0.25, 0.3) is 5.91 Å². The van der Waals surface area contributed by atoms with E-state index in [0.29, 0.717) is 0 Å². The average Bonchev–Trinajstić information content (AvgIpc) is 2.35. The molecule has 0 bridgehead atoms. The third-order valence-corrected chi connectivity index (χ3v) is 2.77. The second-order valence-corrected chi connectivity index (χ2v) is 5.30. The van der Waals surface area contributed by atoms with Crippen molar-refractivity contribution in [3.8, 4) is 5.75 Å². The topological polar surface area (TPSA) is 75.6 Å². The molecule has 0 aromatic heterocycles. The molecule has 1 aromatic carbocycles. The van der Waals surface area contributed by atoms with Gasteiger partial charge in [-0.05, 0) is 44.5 Å². The van der Waals surface area contributed by atoms with Gasteiger partial charge < -0.3 is 15.2 Å². The molecule has 0 saturated heterocycles. The van der Waals surface area contributed by atoms with Crippen LogP contribution in [0.4, 0.5) is 13.2 Å². The van der Waals surface area contributed by atoms with Gasteiger partial charge in [0, 0.05) is 17.5 Å². The van der Waals surface area contributed by atoms with Gasteiger partial charge in [-0.15, -0.1) is 13.2 Å². The lowest BCUT2D eigenvalue weighted by atomic mass is 9.98. The van der Waals surface area contributed by atoms with Crippen molar-refractivity contribution in [2.75, 3.05) is 0 Å². The van der Waals surface area contributed by atoms with Crippen LogP contribution in [0.3, 0.4) is 0 Å². The Morgan fingerprint density at radius 2 is 1.73 bits per heavy atom. The number of rotatable bonds is 6. The molecule has 0 aliphatic carbocycles. The second-order valence-electron chi connectivity index (χ2n) is 5.30. The summed E-state index contributed by atoms with van der Waals surface area (Å²) in [6.07, 6.45) is -4.67. The van der Waals surface area contributed by atoms with Crippen molar-refractivity contribution in [1.82, 2.24) is 5.32 Å². The monoisotopic (exact) mass is 319 g/mol. The van der Waals surface area contributed by atoms with E-state index in [1.54, 1.807) is 13.8 Å². The number of hydrogen-bond donors (Lipinski definition) is 2. The zero-order chi connectivity index (χ0) is 17.0. The smallest absolute Gasteiger partial charge is 0.481 e. The van der Waals surface area contributed by atoms with Crippen LogP contribution >= 0.6 is 0 Å². The maximum Gasteiger partial charge on any atom is 0.573 e. The van der Waals surface area contributed by atoms with Crippen molar-refractivity contribution in [3.63, 3.8) is 0 Å². The van der Waals surface area contributed by atoms with Gasteiger partial charge in [0.1, 0.15) is 5.75 Å². The summed E-state index contributed by atoms with van der Waals surface area (Å²) in [5.74, 6) is -1.90. The molecule has 2 N–H and O–H groups in total. The van der Waals surface area contributed by atoms with Crippen LogP contribution in [0.25, 0.3) is 0 Å². The maximum atomic E-state index is 12.0. The van der Waals surface area contributed by atoms with Gasteiger partial charge in [-0.3, -0.25) is 9.59 Å². The summed E-state index contributed by atoms with van der Waals surface area (Å²) in [5, 5.41) is 11.3. The Balaban J connectivity index is 2.68. The molecule has 22 heavy (non-hydrogen) atoms. The summed E-state index contributed by atoms with van der Waals surface area (Å²) in [7, 11) is 0. The van der Waals surface area contributed by atoms with Gasteiger partial charge in [-0.25, -0.2) is 0 Å². The number of carbonyl (C=O) groups is 2. The molecular formula is C14H16F3NO4. The lowest BCUT2D eigenvalue weighted by Gasteiger charge is -2.25. The fraction of sp³-hybridized carbons (Fsp3) is 0.429. The Labute approximate surface area is 125 Å². The van der Waals surface area contributed by atoms with Crippen LogP contribution in [0.2, 0.25) is 0 Å². The highest BCUT2D eigenvalue weighted by atomic mass is 19.4. The Kier molecular flexibility index (Phi) is 5.40. The zero-order valence-corrected chi connectivity index (χ0v) is 12.0. The molecule has 5 nitrogen and oxygen atoms in total. The van der Waals surface area contributed by atoms with Crippen LogP contribution in [0, 0.1) is 0 Å². The van der Waals surface area contributed by atoms with Crippen LogP contribution < -0.4 is 10.1 Å². The van der Waals surface area contributed by atoms with E-state index < -0.39 is 29.5 Å². The number of alkyl halides is 3. The van der Waals surface area contributed by atoms with E-state index in [9.17, 15) is 22.8 Å². The summed E-state index contributed by atoms with van der Waals surface area (Å²) in [4.78, 5) is 22.5. The predicted octanol–water partition coefficient (Wildman–Crippen LogP) is 2.96. The highest BCUT2D eigenvalue weighted by Crippen LogP contribution is 2.23. The number of nitrogens with one attached hydrogen (secondary N) is 1. The van der Waals surface area contributed by atoms with Crippen molar-refractivity contribution in [2.24, 2.45) is 0 Å². The molecule has 0 fully saturated rings. The van der Waals surface area contributed by atoms with E-state index in [-0.39, 0.29) is 18.4 Å². The second kappa shape index (κ2) is 6.67. The number of aliphatic carboxylic acids is 1. The quantitative estimate of drug-likeness (QED) is 0.845. The highest BCUT2D eigenvalue weighted by molar-refractivity contribution is 5.94. The van der Waals surface area contributed by atoms with Crippen molar-refractivity contribution in [2.45, 2.75) is 38.6 Å². The van der Waals surface area contributed by atoms with E-state index >= 15 is 0 Å². The summed E-state index contributed by atoms with van der Waals surface area (Å²) in [6, 6.07) is 4.46. The molecule has 8 heteroatoms. The summed E-state index contributed by atoms with van der Waals surface area (Å²) in [5.41, 5.74) is -0.603. The molecule has 0 radical (unpaired) electrons. The number of ether oxygens (including phenoxy) is 1. The van der Waals surface area contributed by atoms with E-state index in [2.05, 4.69) is 10.1 Å². The molecule has 1 rings (SSSR count). The minimum atomic E-state index is -4.79. The van der Waals surface area contributed by atoms with Crippen molar-refractivity contribution in [3.05, 3.63) is 29.8 Å². The number of hydrogen-bond acceptors (Lipinski definition) is 3. The highest BCUT2D eigenvalue weighted by Gasteiger charge is 2.31.